The van der Waals surface area contributed by atoms with Crippen molar-refractivity contribution in [2.75, 3.05) is 27.3 Å². The summed E-state index contributed by atoms with van der Waals surface area (Å²) in [5.41, 5.74) is 1.01. The molecule has 0 saturated carbocycles. The van der Waals surface area contributed by atoms with Crippen molar-refractivity contribution >= 4 is 22.3 Å². The Labute approximate surface area is 166 Å². The van der Waals surface area contributed by atoms with Gasteiger partial charge >= 0.3 is 5.97 Å². The Morgan fingerprint density at radius 1 is 1.32 bits per heavy atom. The maximum atomic E-state index is 11.9. The van der Waals surface area contributed by atoms with E-state index in [0.29, 0.717) is 30.9 Å². The molecule has 4 rings (SSSR count). The first-order valence-electron chi connectivity index (χ1n) is 9.09. The van der Waals surface area contributed by atoms with Crippen LogP contribution in [0.4, 0.5) is 0 Å². The van der Waals surface area contributed by atoms with Crippen LogP contribution in [0.2, 0.25) is 0 Å². The number of likely N-dealkylation sites (tertiary alicyclic amines) is 1. The van der Waals surface area contributed by atoms with E-state index in [9.17, 15) is 9.90 Å². The smallest absolute Gasteiger partial charge is 0.308 e. The van der Waals surface area contributed by atoms with Gasteiger partial charge in [-0.25, -0.2) is 4.98 Å². The van der Waals surface area contributed by atoms with Gasteiger partial charge in [0.05, 0.1) is 31.1 Å². The zero-order valence-corrected chi connectivity index (χ0v) is 16.6. The Morgan fingerprint density at radius 3 is 2.79 bits per heavy atom. The molecule has 8 nitrogen and oxygen atoms in total. The number of esters is 1. The number of aromatic nitrogens is 3. The van der Waals surface area contributed by atoms with Crippen molar-refractivity contribution in [3.05, 3.63) is 41.0 Å². The topological polar surface area (TPSA) is 89.2 Å². The summed E-state index contributed by atoms with van der Waals surface area (Å²) in [7, 11) is 3.07. The molecule has 28 heavy (non-hydrogen) atoms. The number of piperidine rings is 1. The molecule has 0 amide bonds. The highest BCUT2D eigenvalue weighted by molar-refractivity contribution is 7.17. The molecule has 0 spiro atoms. The highest BCUT2D eigenvalue weighted by Gasteiger charge is 2.34. The molecule has 0 bridgehead atoms. The average molecular weight is 402 g/mol. The summed E-state index contributed by atoms with van der Waals surface area (Å²) in [6, 6.07) is 7.66. The summed E-state index contributed by atoms with van der Waals surface area (Å²) in [6.45, 7) is 1.43. The highest BCUT2D eigenvalue weighted by Crippen LogP contribution is 2.41. The maximum absolute atomic E-state index is 11.9. The lowest BCUT2D eigenvalue weighted by Crippen LogP contribution is -2.39. The van der Waals surface area contributed by atoms with Crippen LogP contribution < -0.4 is 4.74 Å². The number of methoxy groups -OCH3 is 2. The summed E-state index contributed by atoms with van der Waals surface area (Å²) >= 11 is 1.42. The van der Waals surface area contributed by atoms with Gasteiger partial charge in [0.25, 0.3) is 0 Å². The number of nitrogens with zero attached hydrogens (tertiary/aromatic N) is 4. The van der Waals surface area contributed by atoms with Crippen LogP contribution >= 0.6 is 11.3 Å². The first-order valence-corrected chi connectivity index (χ1v) is 9.91. The molecule has 1 saturated heterocycles. The highest BCUT2D eigenvalue weighted by atomic mass is 32.1. The Balaban J connectivity index is 1.71. The van der Waals surface area contributed by atoms with Crippen molar-refractivity contribution in [2.45, 2.75) is 18.9 Å². The largest absolute Gasteiger partial charge is 0.497 e. The van der Waals surface area contributed by atoms with Crippen LogP contribution in [-0.2, 0) is 9.53 Å². The van der Waals surface area contributed by atoms with E-state index in [0.717, 1.165) is 16.2 Å². The minimum atomic E-state index is -0.179. The summed E-state index contributed by atoms with van der Waals surface area (Å²) in [6.07, 6.45) is 2.86. The number of thiazole rings is 1. The number of hydrogen-bond donors (Lipinski definition) is 1. The van der Waals surface area contributed by atoms with Gasteiger partial charge in [0.15, 0.2) is 0 Å². The number of ether oxygens (including phenoxy) is 2. The van der Waals surface area contributed by atoms with E-state index in [2.05, 4.69) is 15.0 Å². The molecule has 2 aromatic heterocycles. The van der Waals surface area contributed by atoms with Crippen molar-refractivity contribution in [2.24, 2.45) is 5.92 Å². The Bertz CT molecular complexity index is 977. The molecule has 0 radical (unpaired) electrons. The zero-order chi connectivity index (χ0) is 19.7. The van der Waals surface area contributed by atoms with E-state index in [1.54, 1.807) is 7.11 Å². The lowest BCUT2D eigenvalue weighted by molar-refractivity contribution is -0.147. The molecule has 3 aromatic rings. The fourth-order valence-corrected chi connectivity index (χ4v) is 4.86. The molecule has 1 aliphatic heterocycles. The SMILES string of the molecule is COC(=O)C1CCN([C@H](c2cccc(OC)c2)c2sc3ncnn3c2O)CC1. The second-order valence-electron chi connectivity index (χ2n) is 6.76. The number of rotatable bonds is 5. The van der Waals surface area contributed by atoms with E-state index >= 15 is 0 Å². The molecular weight excluding hydrogens is 380 g/mol. The predicted octanol–water partition coefficient (Wildman–Crippen LogP) is 2.48. The summed E-state index contributed by atoms with van der Waals surface area (Å²) < 4.78 is 11.8. The minimum Gasteiger partial charge on any atom is -0.497 e. The van der Waals surface area contributed by atoms with E-state index in [1.807, 2.05) is 24.3 Å². The second kappa shape index (κ2) is 7.76. The van der Waals surface area contributed by atoms with Crippen molar-refractivity contribution in [1.29, 1.82) is 0 Å². The molecule has 1 aliphatic rings. The lowest BCUT2D eigenvalue weighted by Gasteiger charge is -2.36. The van der Waals surface area contributed by atoms with Crippen LogP contribution in [0.15, 0.2) is 30.6 Å². The quantitative estimate of drug-likeness (QED) is 0.656. The van der Waals surface area contributed by atoms with E-state index in [1.165, 1.54) is 29.3 Å². The lowest BCUT2D eigenvalue weighted by atomic mass is 9.93. The third kappa shape index (κ3) is 3.31. The second-order valence-corrected chi connectivity index (χ2v) is 7.77. The molecule has 0 aliphatic carbocycles. The van der Waals surface area contributed by atoms with Crippen LogP contribution in [0.25, 0.3) is 4.96 Å². The molecule has 1 fully saturated rings. The van der Waals surface area contributed by atoms with Crippen LogP contribution in [-0.4, -0.2) is 57.9 Å². The molecule has 0 unspecified atom stereocenters. The Morgan fingerprint density at radius 2 is 2.11 bits per heavy atom. The first kappa shape index (κ1) is 18.7. The predicted molar refractivity (Wildman–Crippen MR) is 104 cm³/mol. The number of aromatic hydroxyl groups is 1. The summed E-state index contributed by atoms with van der Waals surface area (Å²) in [5.74, 6) is 0.619. The Kier molecular flexibility index (Phi) is 5.19. The standard InChI is InChI=1S/C19H22N4O4S/c1-26-14-5-3-4-13(10-14)15(16-17(24)23-19(28-16)20-11-21-23)22-8-6-12(7-9-22)18(25)27-2/h3-5,10-12,15,24H,6-9H2,1-2H3/t15-/m1/s1. The van der Waals surface area contributed by atoms with Gasteiger partial charge in [-0.2, -0.15) is 9.61 Å². The van der Waals surface area contributed by atoms with Crippen molar-refractivity contribution < 1.29 is 19.4 Å². The average Bonchev–Trinajstić information content (AvgIpc) is 3.32. The van der Waals surface area contributed by atoms with Crippen LogP contribution in [0.3, 0.4) is 0 Å². The van der Waals surface area contributed by atoms with E-state index in [4.69, 9.17) is 9.47 Å². The molecule has 3 heterocycles. The van der Waals surface area contributed by atoms with Gasteiger partial charge in [0.2, 0.25) is 10.8 Å². The molecular formula is C19H22N4O4S. The van der Waals surface area contributed by atoms with Crippen molar-refractivity contribution in [1.82, 2.24) is 19.5 Å². The number of carbonyl (C=O) groups is 1. The van der Waals surface area contributed by atoms with Gasteiger partial charge in [0.1, 0.15) is 12.1 Å². The van der Waals surface area contributed by atoms with Gasteiger partial charge in [-0.15, -0.1) is 0 Å². The molecule has 1 atom stereocenters. The van der Waals surface area contributed by atoms with Gasteiger partial charge < -0.3 is 14.6 Å². The zero-order valence-electron chi connectivity index (χ0n) is 15.7. The molecule has 9 heteroatoms. The molecule has 1 aromatic carbocycles. The van der Waals surface area contributed by atoms with E-state index in [-0.39, 0.29) is 23.8 Å². The third-order valence-corrected chi connectivity index (χ3v) is 6.31. The number of carbonyl (C=O) groups excluding carboxylic acids is 1. The van der Waals surface area contributed by atoms with E-state index < -0.39 is 0 Å². The minimum absolute atomic E-state index is 0.0804. The summed E-state index contributed by atoms with van der Waals surface area (Å²) in [5, 5.41) is 14.9. The van der Waals surface area contributed by atoms with Crippen LogP contribution in [0.5, 0.6) is 11.6 Å². The van der Waals surface area contributed by atoms with Gasteiger partial charge in [-0.05, 0) is 43.6 Å². The van der Waals surface area contributed by atoms with Crippen molar-refractivity contribution in [3.63, 3.8) is 0 Å². The van der Waals surface area contributed by atoms with Gasteiger partial charge in [-0.1, -0.05) is 23.5 Å². The first-order chi connectivity index (χ1) is 13.6. The fourth-order valence-electron chi connectivity index (χ4n) is 3.77. The number of fused-ring (bicyclic) bond motifs is 1. The number of hydrogen-bond acceptors (Lipinski definition) is 8. The summed E-state index contributed by atoms with van der Waals surface area (Å²) in [4.78, 5) is 19.8. The monoisotopic (exact) mass is 402 g/mol. The molecule has 148 valence electrons. The number of benzene rings is 1. The third-order valence-electron chi connectivity index (χ3n) is 5.23. The van der Waals surface area contributed by atoms with Gasteiger partial charge in [-0.3, -0.25) is 9.69 Å². The molecule has 1 N–H and O–H groups in total. The van der Waals surface area contributed by atoms with Gasteiger partial charge in [0, 0.05) is 0 Å². The van der Waals surface area contributed by atoms with Crippen molar-refractivity contribution in [3.8, 4) is 11.6 Å². The van der Waals surface area contributed by atoms with Crippen LogP contribution in [0.1, 0.15) is 29.3 Å². The Hall–Kier alpha value is -2.65. The fraction of sp³-hybridized carbons (Fsp3) is 0.421. The maximum Gasteiger partial charge on any atom is 0.308 e. The van der Waals surface area contributed by atoms with Crippen LogP contribution in [0, 0.1) is 5.92 Å². The normalized spacial score (nSPS) is 16.9.